The SMILES string of the molecule is [SiH3]Oc1ccc(-c2ccccc2)c2oc3c4ccccc4ccc3c12. The summed E-state index contributed by atoms with van der Waals surface area (Å²) in [4.78, 5) is 0. The van der Waals surface area contributed by atoms with Gasteiger partial charge in [0.05, 0.1) is 5.39 Å². The summed E-state index contributed by atoms with van der Waals surface area (Å²) in [6, 6.07) is 27.1. The first-order valence-corrected chi connectivity index (χ1v) is 9.15. The maximum atomic E-state index is 6.43. The third-order valence-corrected chi connectivity index (χ3v) is 5.22. The summed E-state index contributed by atoms with van der Waals surface area (Å²) in [6.45, 7) is 0. The van der Waals surface area contributed by atoms with Crippen molar-refractivity contribution >= 4 is 43.2 Å². The van der Waals surface area contributed by atoms with E-state index in [0.29, 0.717) is 10.5 Å². The molecule has 0 amide bonds. The third-order valence-electron chi connectivity index (χ3n) is 4.78. The molecule has 5 aromatic rings. The van der Waals surface area contributed by atoms with Gasteiger partial charge in [-0.2, -0.15) is 0 Å². The summed E-state index contributed by atoms with van der Waals surface area (Å²) in [6.07, 6.45) is 0. The Hall–Kier alpha value is -3.04. The summed E-state index contributed by atoms with van der Waals surface area (Å²) in [7, 11) is 0.644. The summed E-state index contributed by atoms with van der Waals surface area (Å²) in [5.74, 6) is 0.898. The van der Waals surface area contributed by atoms with E-state index >= 15 is 0 Å². The largest absolute Gasteiger partial charge is 0.553 e. The first kappa shape index (κ1) is 14.3. The molecule has 0 spiro atoms. The molecule has 0 saturated carbocycles. The van der Waals surface area contributed by atoms with E-state index in [1.54, 1.807) is 0 Å². The lowest BCUT2D eigenvalue weighted by Crippen LogP contribution is -1.87. The molecule has 2 nitrogen and oxygen atoms in total. The quantitative estimate of drug-likeness (QED) is 0.419. The van der Waals surface area contributed by atoms with E-state index in [2.05, 4.69) is 72.8 Å². The van der Waals surface area contributed by atoms with Crippen LogP contribution in [0.15, 0.2) is 83.3 Å². The van der Waals surface area contributed by atoms with Gasteiger partial charge in [0.2, 0.25) is 10.5 Å². The van der Waals surface area contributed by atoms with Crippen LogP contribution in [0.3, 0.4) is 0 Å². The van der Waals surface area contributed by atoms with Crippen molar-refractivity contribution in [1.82, 2.24) is 0 Å². The molecule has 0 N–H and O–H groups in total. The fourth-order valence-electron chi connectivity index (χ4n) is 3.59. The zero-order chi connectivity index (χ0) is 16.8. The van der Waals surface area contributed by atoms with Crippen LogP contribution in [0.1, 0.15) is 0 Å². The predicted octanol–water partition coefficient (Wildman–Crippen LogP) is 5.07. The van der Waals surface area contributed by atoms with Crippen LogP contribution in [0, 0.1) is 0 Å². The monoisotopic (exact) mass is 340 g/mol. The number of rotatable bonds is 2. The molecule has 5 rings (SSSR count). The van der Waals surface area contributed by atoms with E-state index < -0.39 is 0 Å². The zero-order valence-corrected chi connectivity index (χ0v) is 15.8. The Morgan fingerprint density at radius 3 is 2.32 bits per heavy atom. The fraction of sp³-hybridized carbons (Fsp3) is 0. The Morgan fingerprint density at radius 2 is 1.48 bits per heavy atom. The number of hydrogen-bond acceptors (Lipinski definition) is 2. The topological polar surface area (TPSA) is 22.4 Å². The van der Waals surface area contributed by atoms with Crippen molar-refractivity contribution in [2.45, 2.75) is 0 Å². The minimum absolute atomic E-state index is 0.644. The van der Waals surface area contributed by atoms with Crippen LogP contribution in [-0.4, -0.2) is 10.5 Å². The van der Waals surface area contributed by atoms with Crippen LogP contribution in [0.5, 0.6) is 5.75 Å². The molecular formula is C22H16O2Si. The highest BCUT2D eigenvalue weighted by molar-refractivity contribution is 6.20. The van der Waals surface area contributed by atoms with Gasteiger partial charge in [-0.3, -0.25) is 0 Å². The van der Waals surface area contributed by atoms with Gasteiger partial charge in [-0.1, -0.05) is 60.7 Å². The highest BCUT2D eigenvalue weighted by Crippen LogP contribution is 2.42. The zero-order valence-electron chi connectivity index (χ0n) is 13.8. The summed E-state index contributed by atoms with van der Waals surface area (Å²) < 4.78 is 12.2. The van der Waals surface area contributed by atoms with Gasteiger partial charge in [-0.15, -0.1) is 0 Å². The lowest BCUT2D eigenvalue weighted by atomic mass is 10.0. The average molecular weight is 340 g/mol. The Bertz CT molecular complexity index is 1220. The molecule has 1 heterocycles. The second-order valence-electron chi connectivity index (χ2n) is 6.15. The maximum absolute atomic E-state index is 6.43. The van der Waals surface area contributed by atoms with Crippen molar-refractivity contribution in [1.29, 1.82) is 0 Å². The molecule has 3 heteroatoms. The molecule has 0 fully saturated rings. The molecular weight excluding hydrogens is 324 g/mol. The van der Waals surface area contributed by atoms with E-state index in [0.717, 1.165) is 44.2 Å². The Morgan fingerprint density at radius 1 is 0.680 bits per heavy atom. The number of hydrogen-bond donors (Lipinski definition) is 0. The molecule has 0 bridgehead atoms. The van der Waals surface area contributed by atoms with Crippen molar-refractivity contribution in [3.05, 3.63) is 78.9 Å². The van der Waals surface area contributed by atoms with Crippen LogP contribution in [0.25, 0.3) is 43.8 Å². The molecule has 0 aliphatic rings. The van der Waals surface area contributed by atoms with Gasteiger partial charge >= 0.3 is 0 Å². The Balaban J connectivity index is 1.98. The summed E-state index contributed by atoms with van der Waals surface area (Å²) in [5.41, 5.74) is 4.07. The van der Waals surface area contributed by atoms with E-state index in [4.69, 9.17) is 8.84 Å². The first-order valence-electron chi connectivity index (χ1n) is 8.33. The van der Waals surface area contributed by atoms with Crippen LogP contribution < -0.4 is 4.43 Å². The van der Waals surface area contributed by atoms with Crippen molar-refractivity contribution in [3.63, 3.8) is 0 Å². The maximum Gasteiger partial charge on any atom is 0.204 e. The van der Waals surface area contributed by atoms with Crippen LogP contribution in [0.2, 0.25) is 0 Å². The van der Waals surface area contributed by atoms with Gasteiger partial charge in [0, 0.05) is 16.3 Å². The summed E-state index contributed by atoms with van der Waals surface area (Å²) >= 11 is 0. The fourth-order valence-corrected chi connectivity index (χ4v) is 3.93. The minimum Gasteiger partial charge on any atom is -0.553 e. The Labute approximate surface area is 148 Å². The van der Waals surface area contributed by atoms with E-state index in [1.165, 1.54) is 5.39 Å². The lowest BCUT2D eigenvalue weighted by molar-refractivity contribution is 0.621. The molecule has 120 valence electrons. The number of furan rings is 1. The van der Waals surface area contributed by atoms with Crippen molar-refractivity contribution in [3.8, 4) is 16.9 Å². The molecule has 0 unspecified atom stereocenters. The minimum atomic E-state index is 0.644. The second kappa shape index (κ2) is 5.50. The standard InChI is InChI=1S/C22H16O2Si/c25-24-19-13-12-17(14-6-2-1-3-7-14)22-20(19)18-11-10-15-8-4-5-9-16(15)21(18)23-22/h1-13H,25H3. The second-order valence-corrected chi connectivity index (χ2v) is 6.56. The molecule has 25 heavy (non-hydrogen) atoms. The molecule has 0 aliphatic heterocycles. The molecule has 1 aromatic heterocycles. The van der Waals surface area contributed by atoms with Gasteiger partial charge in [-0.25, -0.2) is 0 Å². The number of benzene rings is 4. The molecule has 0 saturated heterocycles. The predicted molar refractivity (Wildman–Crippen MR) is 107 cm³/mol. The van der Waals surface area contributed by atoms with Crippen LogP contribution >= 0.6 is 0 Å². The van der Waals surface area contributed by atoms with Crippen LogP contribution in [-0.2, 0) is 0 Å². The van der Waals surface area contributed by atoms with Gasteiger partial charge in [0.25, 0.3) is 0 Å². The van der Waals surface area contributed by atoms with E-state index in [9.17, 15) is 0 Å². The Kier molecular flexibility index (Phi) is 3.15. The van der Waals surface area contributed by atoms with Crippen molar-refractivity contribution in [2.75, 3.05) is 0 Å². The smallest absolute Gasteiger partial charge is 0.204 e. The molecule has 0 radical (unpaired) electrons. The van der Waals surface area contributed by atoms with Crippen LogP contribution in [0.4, 0.5) is 0 Å². The summed E-state index contributed by atoms with van der Waals surface area (Å²) in [5, 5.41) is 4.49. The highest BCUT2D eigenvalue weighted by Gasteiger charge is 2.17. The van der Waals surface area contributed by atoms with Crippen molar-refractivity contribution < 1.29 is 8.84 Å². The molecule has 0 atom stereocenters. The molecule has 4 aromatic carbocycles. The third kappa shape index (κ3) is 2.09. The highest BCUT2D eigenvalue weighted by atomic mass is 28.2. The van der Waals surface area contributed by atoms with Gasteiger partial charge in [-0.05, 0) is 29.1 Å². The van der Waals surface area contributed by atoms with Crippen molar-refractivity contribution in [2.24, 2.45) is 0 Å². The normalized spacial score (nSPS) is 11.5. The molecule has 0 aliphatic carbocycles. The number of fused-ring (bicyclic) bond motifs is 5. The lowest BCUT2D eigenvalue weighted by Gasteiger charge is -2.07. The van der Waals surface area contributed by atoms with E-state index in [1.807, 2.05) is 6.07 Å². The average Bonchev–Trinajstić information content (AvgIpc) is 3.08. The van der Waals surface area contributed by atoms with Gasteiger partial charge in [0.15, 0.2) is 0 Å². The van der Waals surface area contributed by atoms with E-state index in [-0.39, 0.29) is 0 Å². The van der Waals surface area contributed by atoms with Gasteiger partial charge < -0.3 is 8.84 Å². The van der Waals surface area contributed by atoms with Gasteiger partial charge in [0.1, 0.15) is 16.9 Å². The first-order chi connectivity index (χ1) is 12.4.